The van der Waals surface area contributed by atoms with Gasteiger partial charge in [-0.25, -0.2) is 0 Å². The molecule has 2 N–H and O–H groups in total. The van der Waals surface area contributed by atoms with Crippen LogP contribution in [0, 0.1) is 0 Å². The van der Waals surface area contributed by atoms with Crippen LogP contribution in [0.4, 0.5) is 0 Å². The Balaban J connectivity index is 0.00000361. The number of unbranched alkanes of at least 4 members (excludes halogenated alkanes) is 1. The maximum atomic E-state index is 11.6. The molecule has 0 aliphatic carbocycles. The predicted molar refractivity (Wildman–Crippen MR) is 91.0 cm³/mol. The van der Waals surface area contributed by atoms with Crippen LogP contribution in [-0.4, -0.2) is 61.6 Å². The first-order valence-electron chi connectivity index (χ1n) is 7.60. The molecule has 1 rings (SSSR count). The number of thioether (sulfide) groups is 1. The van der Waals surface area contributed by atoms with Crippen LogP contribution >= 0.6 is 24.2 Å². The smallest absolute Gasteiger partial charge is 0.220 e. The van der Waals surface area contributed by atoms with E-state index < -0.39 is 0 Å². The van der Waals surface area contributed by atoms with Crippen LogP contribution in [0.25, 0.3) is 0 Å². The summed E-state index contributed by atoms with van der Waals surface area (Å²) in [5, 5.41) is 6.37. The summed E-state index contributed by atoms with van der Waals surface area (Å²) in [5.74, 6) is 2.36. The van der Waals surface area contributed by atoms with Crippen LogP contribution in [0.5, 0.6) is 0 Å². The Morgan fingerprint density at radius 3 is 2.70 bits per heavy atom. The number of nitrogens with one attached hydrogen (secondary N) is 2. The molecule has 0 aromatic carbocycles. The van der Waals surface area contributed by atoms with Gasteiger partial charge in [-0.2, -0.15) is 11.8 Å². The highest BCUT2D eigenvalue weighted by atomic mass is 35.5. The van der Waals surface area contributed by atoms with E-state index >= 15 is 0 Å². The lowest BCUT2D eigenvalue weighted by Gasteiger charge is -2.27. The van der Waals surface area contributed by atoms with Crippen molar-refractivity contribution in [3.8, 4) is 0 Å². The standard InChI is InChI=1S/C14H29N3OS.ClH/c1-2-3-12-19-13-5-14(18)16-6-4-9-17-10-7-15-8-11-17;/h15H,2-13H2,1H3,(H,16,18);1H. The van der Waals surface area contributed by atoms with E-state index in [2.05, 4.69) is 22.5 Å². The summed E-state index contributed by atoms with van der Waals surface area (Å²) in [6.07, 6.45) is 4.24. The van der Waals surface area contributed by atoms with Crippen molar-refractivity contribution in [2.45, 2.75) is 32.6 Å². The Bertz CT molecular complexity index is 238. The maximum Gasteiger partial charge on any atom is 0.220 e. The highest BCUT2D eigenvalue weighted by Gasteiger charge is 2.08. The molecule has 1 aliphatic heterocycles. The average Bonchev–Trinajstić information content (AvgIpc) is 2.44. The largest absolute Gasteiger partial charge is 0.356 e. The van der Waals surface area contributed by atoms with Gasteiger partial charge in [0.05, 0.1) is 0 Å². The molecule has 20 heavy (non-hydrogen) atoms. The first-order chi connectivity index (χ1) is 9.33. The van der Waals surface area contributed by atoms with E-state index in [9.17, 15) is 4.79 Å². The summed E-state index contributed by atoms with van der Waals surface area (Å²) in [5.41, 5.74) is 0. The molecular formula is C14H30ClN3OS. The zero-order valence-corrected chi connectivity index (χ0v) is 14.3. The molecule has 1 fully saturated rings. The van der Waals surface area contributed by atoms with Gasteiger partial charge < -0.3 is 15.5 Å². The van der Waals surface area contributed by atoms with Gasteiger partial charge in [-0.3, -0.25) is 4.79 Å². The van der Waals surface area contributed by atoms with E-state index in [0.717, 1.165) is 51.4 Å². The average molecular weight is 324 g/mol. The zero-order valence-electron chi connectivity index (χ0n) is 12.7. The fourth-order valence-electron chi connectivity index (χ4n) is 2.07. The van der Waals surface area contributed by atoms with Crippen LogP contribution in [0.2, 0.25) is 0 Å². The Morgan fingerprint density at radius 1 is 1.25 bits per heavy atom. The van der Waals surface area contributed by atoms with E-state index in [1.54, 1.807) is 0 Å². The summed E-state index contributed by atoms with van der Waals surface area (Å²) in [7, 11) is 0. The van der Waals surface area contributed by atoms with E-state index in [4.69, 9.17) is 0 Å². The third-order valence-electron chi connectivity index (χ3n) is 3.30. The van der Waals surface area contributed by atoms with Crippen molar-refractivity contribution in [3.05, 3.63) is 0 Å². The van der Waals surface area contributed by atoms with Gasteiger partial charge in [0.15, 0.2) is 0 Å². The summed E-state index contributed by atoms with van der Waals surface area (Å²) in [6.45, 7) is 8.61. The third kappa shape index (κ3) is 10.8. The van der Waals surface area contributed by atoms with Crippen LogP contribution in [0.3, 0.4) is 0 Å². The van der Waals surface area contributed by atoms with Gasteiger partial charge in [0.25, 0.3) is 0 Å². The minimum atomic E-state index is 0. The minimum absolute atomic E-state index is 0. The second kappa shape index (κ2) is 14.0. The number of piperazine rings is 1. The Hall–Kier alpha value is 0.0300. The normalized spacial score (nSPS) is 15.7. The van der Waals surface area contributed by atoms with Crippen molar-refractivity contribution >= 4 is 30.1 Å². The Labute approximate surface area is 134 Å². The Morgan fingerprint density at radius 2 is 2.00 bits per heavy atom. The summed E-state index contributed by atoms with van der Waals surface area (Å²) < 4.78 is 0. The molecule has 1 amide bonds. The molecule has 0 aromatic rings. The van der Waals surface area contributed by atoms with Crippen molar-refractivity contribution in [1.82, 2.24) is 15.5 Å². The van der Waals surface area contributed by atoms with Gasteiger partial charge in [0, 0.05) is 44.9 Å². The number of amides is 1. The molecule has 0 bridgehead atoms. The summed E-state index contributed by atoms with van der Waals surface area (Å²) in [4.78, 5) is 14.0. The highest BCUT2D eigenvalue weighted by molar-refractivity contribution is 7.99. The maximum absolute atomic E-state index is 11.6. The number of carbonyl (C=O) groups excluding carboxylic acids is 1. The van der Waals surface area contributed by atoms with Crippen LogP contribution < -0.4 is 10.6 Å². The zero-order chi connectivity index (χ0) is 13.8. The van der Waals surface area contributed by atoms with Crippen molar-refractivity contribution in [2.24, 2.45) is 0 Å². The molecule has 120 valence electrons. The number of carbonyl (C=O) groups is 1. The lowest BCUT2D eigenvalue weighted by Crippen LogP contribution is -2.44. The SMILES string of the molecule is CCCCSCCC(=O)NCCCN1CCNCC1.Cl. The molecule has 1 heterocycles. The second-order valence-electron chi connectivity index (χ2n) is 5.01. The Kier molecular flexibility index (Phi) is 14.0. The molecule has 4 nitrogen and oxygen atoms in total. The topological polar surface area (TPSA) is 44.4 Å². The van der Waals surface area contributed by atoms with Crippen molar-refractivity contribution < 1.29 is 4.79 Å². The predicted octanol–water partition coefficient (Wildman–Crippen LogP) is 1.74. The summed E-state index contributed by atoms with van der Waals surface area (Å²) >= 11 is 1.89. The van der Waals surface area contributed by atoms with Crippen molar-refractivity contribution in [1.29, 1.82) is 0 Å². The third-order valence-corrected chi connectivity index (χ3v) is 4.37. The van der Waals surface area contributed by atoms with E-state index in [1.807, 2.05) is 11.8 Å². The molecule has 0 unspecified atom stereocenters. The molecule has 0 radical (unpaired) electrons. The van der Waals surface area contributed by atoms with Gasteiger partial charge in [-0.05, 0) is 25.1 Å². The van der Waals surface area contributed by atoms with E-state index in [1.165, 1.54) is 18.6 Å². The number of halogens is 1. The molecule has 0 atom stereocenters. The van der Waals surface area contributed by atoms with Crippen molar-refractivity contribution in [2.75, 3.05) is 50.8 Å². The first kappa shape index (κ1) is 20.0. The minimum Gasteiger partial charge on any atom is -0.356 e. The fraction of sp³-hybridized carbons (Fsp3) is 0.929. The van der Waals surface area contributed by atoms with Gasteiger partial charge in [-0.15, -0.1) is 12.4 Å². The summed E-state index contributed by atoms with van der Waals surface area (Å²) in [6, 6.07) is 0. The van der Waals surface area contributed by atoms with Gasteiger partial charge >= 0.3 is 0 Å². The van der Waals surface area contributed by atoms with Crippen LogP contribution in [0.15, 0.2) is 0 Å². The molecule has 0 saturated carbocycles. The lowest BCUT2D eigenvalue weighted by molar-refractivity contribution is -0.120. The second-order valence-corrected chi connectivity index (χ2v) is 6.24. The van der Waals surface area contributed by atoms with E-state index in [0.29, 0.717) is 6.42 Å². The molecule has 1 aliphatic rings. The van der Waals surface area contributed by atoms with Crippen molar-refractivity contribution in [3.63, 3.8) is 0 Å². The molecule has 0 spiro atoms. The molecular weight excluding hydrogens is 294 g/mol. The number of nitrogens with zero attached hydrogens (tertiary/aromatic N) is 1. The van der Waals surface area contributed by atoms with Crippen LogP contribution in [-0.2, 0) is 4.79 Å². The lowest BCUT2D eigenvalue weighted by atomic mass is 10.3. The molecule has 6 heteroatoms. The van der Waals surface area contributed by atoms with Gasteiger partial charge in [-0.1, -0.05) is 13.3 Å². The molecule has 1 saturated heterocycles. The number of hydrogen-bond acceptors (Lipinski definition) is 4. The highest BCUT2D eigenvalue weighted by Crippen LogP contribution is 2.05. The first-order valence-corrected chi connectivity index (χ1v) is 8.76. The monoisotopic (exact) mass is 323 g/mol. The number of rotatable bonds is 10. The van der Waals surface area contributed by atoms with Gasteiger partial charge in [0.2, 0.25) is 5.91 Å². The molecule has 0 aromatic heterocycles. The fourth-order valence-corrected chi connectivity index (χ4v) is 3.09. The van der Waals surface area contributed by atoms with Crippen LogP contribution in [0.1, 0.15) is 32.6 Å². The number of hydrogen-bond donors (Lipinski definition) is 2. The van der Waals surface area contributed by atoms with Gasteiger partial charge in [0.1, 0.15) is 0 Å². The van der Waals surface area contributed by atoms with E-state index in [-0.39, 0.29) is 18.3 Å². The quantitative estimate of drug-likeness (QED) is 0.601.